The number of β-amino-alcohol motifs (C(OH)–C–C–N with tert-alkyl or cyclic N) is 1. The van der Waals surface area contributed by atoms with Crippen molar-refractivity contribution in [3.63, 3.8) is 0 Å². The molecule has 1 atom stereocenters. The number of nitrogens with zero attached hydrogens (tertiary/aromatic N) is 1. The van der Waals surface area contributed by atoms with Crippen molar-refractivity contribution in [2.24, 2.45) is 0 Å². The van der Waals surface area contributed by atoms with Gasteiger partial charge < -0.3 is 15.1 Å². The molecular weight excluding hydrogens is 295 g/mol. The maximum absolute atomic E-state index is 12.7. The Morgan fingerprint density at radius 3 is 2.32 bits per heavy atom. The van der Waals surface area contributed by atoms with Crippen LogP contribution in [0.4, 0.5) is 13.2 Å². The SMILES string of the molecule is CC(O)(CN1CCC(c2ccccc2CO)CC1)C(F)(F)F. The fraction of sp³-hybridized carbons (Fsp3) is 0.625. The molecule has 0 aromatic heterocycles. The molecule has 0 saturated carbocycles. The lowest BCUT2D eigenvalue weighted by Crippen LogP contribution is -2.52. The zero-order chi connectivity index (χ0) is 16.4. The minimum absolute atomic E-state index is 0.0286. The Kier molecular flexibility index (Phi) is 5.14. The first kappa shape index (κ1) is 17.2. The van der Waals surface area contributed by atoms with E-state index in [1.807, 2.05) is 24.3 Å². The van der Waals surface area contributed by atoms with Crippen molar-refractivity contribution in [1.82, 2.24) is 4.90 Å². The molecule has 124 valence electrons. The van der Waals surface area contributed by atoms with Gasteiger partial charge in [-0.3, -0.25) is 0 Å². The largest absolute Gasteiger partial charge is 0.418 e. The van der Waals surface area contributed by atoms with Gasteiger partial charge in [0.05, 0.1) is 6.61 Å². The topological polar surface area (TPSA) is 43.7 Å². The van der Waals surface area contributed by atoms with E-state index in [-0.39, 0.29) is 12.5 Å². The number of aliphatic hydroxyl groups is 2. The fourth-order valence-corrected chi connectivity index (χ4v) is 3.00. The molecular formula is C16H22F3NO2. The van der Waals surface area contributed by atoms with E-state index < -0.39 is 18.3 Å². The Balaban J connectivity index is 1.96. The predicted octanol–water partition coefficient (Wildman–Crippen LogP) is 2.67. The molecule has 0 spiro atoms. The lowest BCUT2D eigenvalue weighted by molar-refractivity contribution is -0.258. The average Bonchev–Trinajstić information content (AvgIpc) is 2.46. The van der Waals surface area contributed by atoms with E-state index in [1.54, 1.807) is 4.90 Å². The summed E-state index contributed by atoms with van der Waals surface area (Å²) >= 11 is 0. The summed E-state index contributed by atoms with van der Waals surface area (Å²) in [6.45, 7) is 1.41. The van der Waals surface area contributed by atoms with Crippen LogP contribution in [0.2, 0.25) is 0 Å². The Hall–Kier alpha value is -1.11. The molecule has 1 heterocycles. The number of benzene rings is 1. The quantitative estimate of drug-likeness (QED) is 0.897. The third-order valence-electron chi connectivity index (χ3n) is 4.40. The molecule has 3 nitrogen and oxygen atoms in total. The number of alkyl halides is 3. The number of halogens is 3. The Morgan fingerprint density at radius 2 is 1.77 bits per heavy atom. The molecule has 6 heteroatoms. The van der Waals surface area contributed by atoms with Gasteiger partial charge in [0.1, 0.15) is 0 Å². The molecule has 1 saturated heterocycles. The van der Waals surface area contributed by atoms with Crippen LogP contribution in [-0.4, -0.2) is 46.5 Å². The van der Waals surface area contributed by atoms with E-state index in [9.17, 15) is 23.4 Å². The standard InChI is InChI=1S/C16H22F3NO2/c1-15(22,16(17,18)19)11-20-8-6-12(7-9-20)14-5-3-2-4-13(14)10-21/h2-5,12,21-22H,6-11H2,1H3. The van der Waals surface area contributed by atoms with Crippen molar-refractivity contribution in [2.45, 2.75) is 44.1 Å². The van der Waals surface area contributed by atoms with Crippen molar-refractivity contribution in [1.29, 1.82) is 0 Å². The average molecular weight is 317 g/mol. The normalized spacial score (nSPS) is 20.8. The minimum atomic E-state index is -4.62. The van der Waals surface area contributed by atoms with Gasteiger partial charge in [0.15, 0.2) is 5.60 Å². The van der Waals surface area contributed by atoms with Crippen LogP contribution >= 0.6 is 0 Å². The van der Waals surface area contributed by atoms with Crippen LogP contribution in [0.5, 0.6) is 0 Å². The minimum Gasteiger partial charge on any atom is -0.392 e. The highest BCUT2D eigenvalue weighted by Gasteiger charge is 2.50. The second kappa shape index (κ2) is 6.56. The highest BCUT2D eigenvalue weighted by molar-refractivity contribution is 5.30. The summed E-state index contributed by atoms with van der Waals surface area (Å²) in [5, 5.41) is 18.9. The van der Waals surface area contributed by atoms with E-state index in [0.29, 0.717) is 13.1 Å². The summed E-state index contributed by atoms with van der Waals surface area (Å²) in [7, 11) is 0. The summed E-state index contributed by atoms with van der Waals surface area (Å²) in [5.74, 6) is 0.246. The van der Waals surface area contributed by atoms with Crippen molar-refractivity contribution in [3.05, 3.63) is 35.4 Å². The van der Waals surface area contributed by atoms with Gasteiger partial charge in [-0.25, -0.2) is 0 Å². The molecule has 1 aromatic carbocycles. The number of rotatable bonds is 4. The first-order chi connectivity index (χ1) is 10.2. The van der Waals surface area contributed by atoms with Gasteiger partial charge in [-0.15, -0.1) is 0 Å². The van der Waals surface area contributed by atoms with Gasteiger partial charge >= 0.3 is 6.18 Å². The van der Waals surface area contributed by atoms with E-state index in [2.05, 4.69) is 0 Å². The summed E-state index contributed by atoms with van der Waals surface area (Å²) in [6, 6.07) is 7.62. The number of hydrogen-bond acceptors (Lipinski definition) is 3. The van der Waals surface area contributed by atoms with Crippen LogP contribution in [0.15, 0.2) is 24.3 Å². The van der Waals surface area contributed by atoms with Gasteiger partial charge in [-0.1, -0.05) is 24.3 Å². The summed E-state index contributed by atoms with van der Waals surface area (Å²) < 4.78 is 38.2. The third-order valence-corrected chi connectivity index (χ3v) is 4.40. The van der Waals surface area contributed by atoms with Crippen LogP contribution in [0.3, 0.4) is 0 Å². The van der Waals surface area contributed by atoms with Gasteiger partial charge in [0.25, 0.3) is 0 Å². The van der Waals surface area contributed by atoms with Crippen LogP contribution in [-0.2, 0) is 6.61 Å². The molecule has 1 aromatic rings. The van der Waals surface area contributed by atoms with Crippen LogP contribution in [0.1, 0.15) is 36.8 Å². The van der Waals surface area contributed by atoms with Crippen LogP contribution < -0.4 is 0 Å². The monoisotopic (exact) mass is 317 g/mol. The molecule has 2 rings (SSSR count). The zero-order valence-electron chi connectivity index (χ0n) is 12.6. The zero-order valence-corrected chi connectivity index (χ0v) is 12.6. The fourth-order valence-electron chi connectivity index (χ4n) is 3.00. The van der Waals surface area contributed by atoms with Crippen molar-refractivity contribution in [2.75, 3.05) is 19.6 Å². The van der Waals surface area contributed by atoms with Gasteiger partial charge in [0, 0.05) is 6.54 Å². The number of piperidine rings is 1. The van der Waals surface area contributed by atoms with E-state index in [1.165, 1.54) is 0 Å². The van der Waals surface area contributed by atoms with E-state index in [4.69, 9.17) is 0 Å². The van der Waals surface area contributed by atoms with E-state index >= 15 is 0 Å². The predicted molar refractivity (Wildman–Crippen MR) is 77.5 cm³/mol. The van der Waals surface area contributed by atoms with Gasteiger partial charge in [-0.2, -0.15) is 13.2 Å². The number of hydrogen-bond donors (Lipinski definition) is 2. The molecule has 1 aliphatic heterocycles. The molecule has 1 aliphatic rings. The molecule has 1 unspecified atom stereocenters. The first-order valence-corrected chi connectivity index (χ1v) is 7.45. The van der Waals surface area contributed by atoms with E-state index in [0.717, 1.165) is 30.9 Å². The Morgan fingerprint density at radius 1 is 1.18 bits per heavy atom. The number of likely N-dealkylation sites (tertiary alicyclic amines) is 1. The molecule has 0 amide bonds. The molecule has 0 aliphatic carbocycles. The van der Waals surface area contributed by atoms with Gasteiger partial charge in [-0.05, 0) is 49.9 Å². The summed E-state index contributed by atoms with van der Waals surface area (Å²) in [6.07, 6.45) is -3.16. The summed E-state index contributed by atoms with van der Waals surface area (Å²) in [5.41, 5.74) is -0.724. The molecule has 2 N–H and O–H groups in total. The molecule has 0 radical (unpaired) electrons. The van der Waals surface area contributed by atoms with Gasteiger partial charge in [0.2, 0.25) is 0 Å². The lowest BCUT2D eigenvalue weighted by Gasteiger charge is -2.37. The highest BCUT2D eigenvalue weighted by atomic mass is 19.4. The Labute approximate surface area is 128 Å². The van der Waals surface area contributed by atoms with Crippen LogP contribution in [0, 0.1) is 0 Å². The third kappa shape index (κ3) is 3.80. The van der Waals surface area contributed by atoms with Crippen molar-refractivity contribution < 1.29 is 23.4 Å². The lowest BCUT2D eigenvalue weighted by atomic mass is 9.86. The van der Waals surface area contributed by atoms with Crippen molar-refractivity contribution in [3.8, 4) is 0 Å². The molecule has 22 heavy (non-hydrogen) atoms. The molecule has 1 fully saturated rings. The summed E-state index contributed by atoms with van der Waals surface area (Å²) in [4.78, 5) is 1.66. The Bertz CT molecular complexity index is 494. The number of aliphatic hydroxyl groups excluding tert-OH is 1. The van der Waals surface area contributed by atoms with Crippen LogP contribution in [0.25, 0.3) is 0 Å². The highest BCUT2D eigenvalue weighted by Crippen LogP contribution is 2.34. The molecule has 0 bridgehead atoms. The first-order valence-electron chi connectivity index (χ1n) is 7.45. The second-order valence-electron chi connectivity index (χ2n) is 6.18. The van der Waals surface area contributed by atoms with Crippen molar-refractivity contribution >= 4 is 0 Å². The maximum atomic E-state index is 12.7. The maximum Gasteiger partial charge on any atom is 0.418 e. The smallest absolute Gasteiger partial charge is 0.392 e. The second-order valence-corrected chi connectivity index (χ2v) is 6.18.